The van der Waals surface area contributed by atoms with Gasteiger partial charge in [0.25, 0.3) is 0 Å². The van der Waals surface area contributed by atoms with Crippen LogP contribution in [0.4, 0.5) is 17.6 Å². The van der Waals surface area contributed by atoms with Crippen molar-refractivity contribution in [2.75, 3.05) is 0 Å². The van der Waals surface area contributed by atoms with Gasteiger partial charge in [0.1, 0.15) is 11.6 Å². The summed E-state index contributed by atoms with van der Waals surface area (Å²) >= 11 is 11.8. The third kappa shape index (κ3) is 3.82. The number of nitrogens with two attached hydrogens (primary N) is 1. The van der Waals surface area contributed by atoms with Crippen molar-refractivity contribution < 1.29 is 22.3 Å². The van der Waals surface area contributed by atoms with E-state index in [1.165, 1.54) is 18.2 Å². The summed E-state index contributed by atoms with van der Waals surface area (Å²) in [6.45, 7) is 0. The molecule has 0 saturated heterocycles. The Morgan fingerprint density at radius 2 is 1.59 bits per heavy atom. The second-order valence-electron chi connectivity index (χ2n) is 4.35. The SMILES string of the molecule is N[C@@H](c1ccc(OC(F)(F)F)cc1)c1c(F)ccc(Cl)c1Cl. The number of hydrogen-bond donors (Lipinski definition) is 1. The molecule has 0 fully saturated rings. The molecule has 0 spiro atoms. The Hall–Kier alpha value is -1.50. The lowest BCUT2D eigenvalue weighted by Crippen LogP contribution is -2.17. The number of alkyl halides is 3. The van der Waals surface area contributed by atoms with Crippen molar-refractivity contribution in [2.45, 2.75) is 12.4 Å². The van der Waals surface area contributed by atoms with Crippen molar-refractivity contribution in [1.29, 1.82) is 0 Å². The first-order valence-electron chi connectivity index (χ1n) is 5.93. The lowest BCUT2D eigenvalue weighted by atomic mass is 9.99. The minimum absolute atomic E-state index is 0.0290. The number of rotatable bonds is 3. The largest absolute Gasteiger partial charge is 0.573 e. The van der Waals surface area contributed by atoms with E-state index in [-0.39, 0.29) is 15.6 Å². The van der Waals surface area contributed by atoms with Gasteiger partial charge < -0.3 is 10.5 Å². The molecule has 0 heterocycles. The first-order valence-corrected chi connectivity index (χ1v) is 6.69. The zero-order valence-electron chi connectivity index (χ0n) is 10.8. The van der Waals surface area contributed by atoms with Gasteiger partial charge >= 0.3 is 6.36 Å². The first-order chi connectivity index (χ1) is 10.2. The zero-order valence-corrected chi connectivity index (χ0v) is 12.3. The zero-order chi connectivity index (χ0) is 16.5. The van der Waals surface area contributed by atoms with Gasteiger partial charge in [-0.05, 0) is 29.8 Å². The highest BCUT2D eigenvalue weighted by molar-refractivity contribution is 6.42. The van der Waals surface area contributed by atoms with Crippen molar-refractivity contribution in [3.8, 4) is 5.75 Å². The number of hydrogen-bond acceptors (Lipinski definition) is 2. The molecule has 2 nitrogen and oxygen atoms in total. The van der Waals surface area contributed by atoms with Gasteiger partial charge in [0.2, 0.25) is 0 Å². The molecule has 0 aliphatic rings. The predicted molar refractivity (Wildman–Crippen MR) is 75.6 cm³/mol. The van der Waals surface area contributed by atoms with Crippen LogP contribution < -0.4 is 10.5 Å². The lowest BCUT2D eigenvalue weighted by Gasteiger charge is -2.16. The van der Waals surface area contributed by atoms with Gasteiger partial charge in [-0.3, -0.25) is 0 Å². The van der Waals surface area contributed by atoms with Gasteiger partial charge in [-0.25, -0.2) is 4.39 Å². The smallest absolute Gasteiger partial charge is 0.406 e. The summed E-state index contributed by atoms with van der Waals surface area (Å²) in [7, 11) is 0. The molecule has 0 radical (unpaired) electrons. The van der Waals surface area contributed by atoms with E-state index in [0.29, 0.717) is 5.56 Å². The van der Waals surface area contributed by atoms with E-state index in [1.54, 1.807) is 0 Å². The highest BCUT2D eigenvalue weighted by Gasteiger charge is 2.31. The van der Waals surface area contributed by atoms with E-state index in [4.69, 9.17) is 28.9 Å². The Balaban J connectivity index is 2.31. The van der Waals surface area contributed by atoms with E-state index in [2.05, 4.69) is 4.74 Å². The molecule has 22 heavy (non-hydrogen) atoms. The van der Waals surface area contributed by atoms with E-state index in [0.717, 1.165) is 18.2 Å². The summed E-state index contributed by atoms with van der Waals surface area (Å²) < 4.78 is 53.9. The van der Waals surface area contributed by atoms with Crippen LogP contribution in [0, 0.1) is 5.82 Å². The van der Waals surface area contributed by atoms with Crippen LogP contribution >= 0.6 is 23.2 Å². The Morgan fingerprint density at radius 3 is 2.14 bits per heavy atom. The minimum Gasteiger partial charge on any atom is -0.406 e. The highest BCUT2D eigenvalue weighted by atomic mass is 35.5. The summed E-state index contributed by atoms with van der Waals surface area (Å²) in [5.74, 6) is -1.06. The fraction of sp³-hybridized carbons (Fsp3) is 0.143. The molecule has 8 heteroatoms. The van der Waals surface area contributed by atoms with Gasteiger partial charge in [0.05, 0.1) is 16.1 Å². The summed E-state index contributed by atoms with van der Waals surface area (Å²) in [6.07, 6.45) is -4.79. The van der Waals surface area contributed by atoms with Crippen LogP contribution in [-0.4, -0.2) is 6.36 Å². The third-order valence-corrected chi connectivity index (χ3v) is 3.68. The Kier molecular flexibility index (Phi) is 4.84. The molecule has 0 aliphatic carbocycles. The molecular formula is C14H9Cl2F4NO. The third-order valence-electron chi connectivity index (χ3n) is 2.86. The molecule has 0 saturated carbocycles. The summed E-state index contributed by atoms with van der Waals surface area (Å²) in [4.78, 5) is 0. The van der Waals surface area contributed by atoms with Crippen LogP contribution in [0.25, 0.3) is 0 Å². The Morgan fingerprint density at radius 1 is 1.00 bits per heavy atom. The van der Waals surface area contributed by atoms with E-state index in [9.17, 15) is 17.6 Å². The molecule has 0 unspecified atom stereocenters. The fourth-order valence-corrected chi connectivity index (χ4v) is 2.31. The Labute approximate surface area is 133 Å². The second kappa shape index (κ2) is 6.32. The quantitative estimate of drug-likeness (QED) is 0.616. The normalized spacial score (nSPS) is 13.0. The molecule has 118 valence electrons. The summed E-state index contributed by atoms with van der Waals surface area (Å²) in [6, 6.07) is 6.18. The Bertz CT molecular complexity index is 674. The van der Waals surface area contributed by atoms with Gasteiger partial charge in [-0.1, -0.05) is 35.3 Å². The number of ether oxygens (including phenoxy) is 1. The average Bonchev–Trinajstić information content (AvgIpc) is 2.42. The van der Waals surface area contributed by atoms with Crippen LogP contribution in [0.15, 0.2) is 36.4 Å². The maximum atomic E-state index is 13.9. The van der Waals surface area contributed by atoms with Crippen LogP contribution in [0.1, 0.15) is 17.2 Å². The van der Waals surface area contributed by atoms with Crippen LogP contribution in [-0.2, 0) is 0 Å². The standard InChI is InChI=1S/C14H9Cl2F4NO/c15-9-5-6-10(17)11(12(9)16)13(21)7-1-3-8(4-2-7)22-14(18,19)20/h1-6,13H,21H2/t13-/m0/s1. The maximum absolute atomic E-state index is 13.9. The molecule has 1 atom stereocenters. The minimum atomic E-state index is -4.79. The molecule has 0 aliphatic heterocycles. The van der Waals surface area contributed by atoms with Crippen molar-refractivity contribution in [3.05, 3.63) is 63.4 Å². The fourth-order valence-electron chi connectivity index (χ4n) is 1.87. The second-order valence-corrected chi connectivity index (χ2v) is 5.14. The van der Waals surface area contributed by atoms with Gasteiger partial charge in [0.15, 0.2) is 0 Å². The van der Waals surface area contributed by atoms with Crippen molar-refractivity contribution in [1.82, 2.24) is 0 Å². The highest BCUT2D eigenvalue weighted by Crippen LogP contribution is 2.34. The van der Waals surface area contributed by atoms with Crippen LogP contribution in [0.3, 0.4) is 0 Å². The number of benzene rings is 2. The van der Waals surface area contributed by atoms with Crippen molar-refractivity contribution >= 4 is 23.2 Å². The molecule has 2 aromatic carbocycles. The molecule has 2 N–H and O–H groups in total. The first kappa shape index (κ1) is 16.9. The monoisotopic (exact) mass is 353 g/mol. The molecule has 0 amide bonds. The molecule has 0 bridgehead atoms. The molecule has 2 rings (SSSR count). The number of halogens is 6. The predicted octanol–water partition coefficient (Wildman–Crippen LogP) is 5.08. The van der Waals surface area contributed by atoms with Crippen molar-refractivity contribution in [3.63, 3.8) is 0 Å². The maximum Gasteiger partial charge on any atom is 0.573 e. The molecule has 2 aromatic rings. The van der Waals surface area contributed by atoms with Crippen LogP contribution in [0.5, 0.6) is 5.75 Å². The topological polar surface area (TPSA) is 35.2 Å². The summed E-state index contributed by atoms with van der Waals surface area (Å²) in [5, 5.41) is 0.0929. The van der Waals surface area contributed by atoms with E-state index in [1.807, 2.05) is 0 Å². The molecule has 0 aromatic heterocycles. The molecular weight excluding hydrogens is 345 g/mol. The lowest BCUT2D eigenvalue weighted by molar-refractivity contribution is -0.274. The van der Waals surface area contributed by atoms with E-state index >= 15 is 0 Å². The average molecular weight is 354 g/mol. The van der Waals surface area contributed by atoms with Gasteiger partial charge in [0, 0.05) is 5.56 Å². The van der Waals surface area contributed by atoms with Crippen molar-refractivity contribution in [2.24, 2.45) is 5.73 Å². The van der Waals surface area contributed by atoms with Gasteiger partial charge in [-0.15, -0.1) is 13.2 Å². The summed E-state index contributed by atoms with van der Waals surface area (Å²) in [5.41, 5.74) is 6.25. The van der Waals surface area contributed by atoms with Crippen LogP contribution in [0.2, 0.25) is 10.0 Å². The van der Waals surface area contributed by atoms with E-state index < -0.39 is 24.0 Å². The van der Waals surface area contributed by atoms with Gasteiger partial charge in [-0.2, -0.15) is 0 Å².